The molecule has 176 valence electrons. The number of urea groups is 1. The van der Waals surface area contributed by atoms with Crippen molar-refractivity contribution in [2.45, 2.75) is 40.2 Å². The van der Waals surface area contributed by atoms with Crippen LogP contribution in [0.3, 0.4) is 0 Å². The first-order valence-electron chi connectivity index (χ1n) is 11.0. The minimum Gasteiger partial charge on any atom is -0.493 e. The third kappa shape index (κ3) is 7.44. The van der Waals surface area contributed by atoms with Gasteiger partial charge in [0.1, 0.15) is 6.54 Å². The Morgan fingerprint density at radius 2 is 1.75 bits per heavy atom. The van der Waals surface area contributed by atoms with Crippen molar-refractivity contribution >= 4 is 23.3 Å². The van der Waals surface area contributed by atoms with E-state index in [-0.39, 0.29) is 18.5 Å². The number of amides is 3. The summed E-state index contributed by atoms with van der Waals surface area (Å²) in [5, 5.41) is 2.80. The van der Waals surface area contributed by atoms with E-state index in [1.165, 1.54) is 4.88 Å². The van der Waals surface area contributed by atoms with Crippen molar-refractivity contribution in [1.29, 1.82) is 0 Å². The highest BCUT2D eigenvalue weighted by molar-refractivity contribution is 7.11. The van der Waals surface area contributed by atoms with Crippen LogP contribution in [0.25, 0.3) is 0 Å². The van der Waals surface area contributed by atoms with E-state index in [0.29, 0.717) is 44.1 Å². The van der Waals surface area contributed by atoms with Crippen LogP contribution in [-0.4, -0.2) is 62.1 Å². The lowest BCUT2D eigenvalue weighted by Gasteiger charge is -2.27. The summed E-state index contributed by atoms with van der Waals surface area (Å²) in [6.45, 7) is 8.14. The van der Waals surface area contributed by atoms with E-state index in [9.17, 15) is 9.59 Å². The highest BCUT2D eigenvalue weighted by Crippen LogP contribution is 2.28. The maximum atomic E-state index is 13.3. The zero-order valence-electron chi connectivity index (χ0n) is 19.8. The van der Waals surface area contributed by atoms with Crippen molar-refractivity contribution in [3.8, 4) is 11.5 Å². The SMILES string of the molecule is CCCN(CC(=O)N(CCc1ccc(OC)c(OC)c1)Cc1ccc(C)s1)C(=O)NCC. The molecule has 0 aliphatic heterocycles. The first-order chi connectivity index (χ1) is 15.4. The second-order valence-electron chi connectivity index (χ2n) is 7.52. The average molecular weight is 462 g/mol. The summed E-state index contributed by atoms with van der Waals surface area (Å²) in [4.78, 5) is 31.4. The highest BCUT2D eigenvalue weighted by Gasteiger charge is 2.21. The van der Waals surface area contributed by atoms with Crippen molar-refractivity contribution in [3.63, 3.8) is 0 Å². The maximum absolute atomic E-state index is 13.3. The topological polar surface area (TPSA) is 71.1 Å². The van der Waals surface area contributed by atoms with Crippen LogP contribution in [0.5, 0.6) is 11.5 Å². The van der Waals surface area contributed by atoms with Gasteiger partial charge in [-0.25, -0.2) is 4.79 Å². The van der Waals surface area contributed by atoms with Crippen LogP contribution < -0.4 is 14.8 Å². The fourth-order valence-corrected chi connectivity index (χ4v) is 4.31. The summed E-state index contributed by atoms with van der Waals surface area (Å²) < 4.78 is 10.7. The standard InChI is InChI=1S/C24H35N3O4S/c1-6-13-27(24(29)25-7-2)17-23(28)26(16-20-10-8-18(3)32-20)14-12-19-9-11-21(30-4)22(15-19)31-5/h8-11,15H,6-7,12-14,16-17H2,1-5H3,(H,25,29). The minimum absolute atomic E-state index is 0.0590. The maximum Gasteiger partial charge on any atom is 0.317 e. The Morgan fingerprint density at radius 1 is 1.00 bits per heavy atom. The Morgan fingerprint density at radius 3 is 2.34 bits per heavy atom. The number of thiophene rings is 1. The minimum atomic E-state index is -0.200. The van der Waals surface area contributed by atoms with Crippen molar-refractivity contribution in [3.05, 3.63) is 45.6 Å². The van der Waals surface area contributed by atoms with E-state index >= 15 is 0 Å². The lowest BCUT2D eigenvalue weighted by atomic mass is 10.1. The molecule has 1 heterocycles. The lowest BCUT2D eigenvalue weighted by molar-refractivity contribution is -0.132. The molecule has 32 heavy (non-hydrogen) atoms. The molecule has 1 aromatic carbocycles. The average Bonchev–Trinajstić information content (AvgIpc) is 3.20. The van der Waals surface area contributed by atoms with Gasteiger partial charge in [-0.1, -0.05) is 13.0 Å². The van der Waals surface area contributed by atoms with Gasteiger partial charge in [-0.05, 0) is 56.5 Å². The van der Waals surface area contributed by atoms with Crippen LogP contribution >= 0.6 is 11.3 Å². The Bertz CT molecular complexity index is 884. The van der Waals surface area contributed by atoms with E-state index in [0.717, 1.165) is 16.9 Å². The van der Waals surface area contributed by atoms with E-state index in [4.69, 9.17) is 9.47 Å². The zero-order chi connectivity index (χ0) is 23.5. The number of rotatable bonds is 12. The molecule has 1 N–H and O–H groups in total. The van der Waals surface area contributed by atoms with Gasteiger partial charge in [0.15, 0.2) is 11.5 Å². The van der Waals surface area contributed by atoms with Crippen LogP contribution in [0.1, 0.15) is 35.6 Å². The van der Waals surface area contributed by atoms with Gasteiger partial charge in [0, 0.05) is 29.4 Å². The van der Waals surface area contributed by atoms with Gasteiger partial charge in [-0.3, -0.25) is 4.79 Å². The molecule has 3 amide bonds. The number of hydrogen-bond donors (Lipinski definition) is 1. The second-order valence-corrected chi connectivity index (χ2v) is 8.90. The molecular weight excluding hydrogens is 426 g/mol. The molecular formula is C24H35N3O4S. The molecule has 0 aliphatic carbocycles. The number of hydrogen-bond acceptors (Lipinski definition) is 5. The number of nitrogens with zero attached hydrogens (tertiary/aromatic N) is 2. The van der Waals surface area contributed by atoms with Gasteiger partial charge in [0.2, 0.25) is 5.91 Å². The quantitative estimate of drug-likeness (QED) is 0.517. The summed E-state index contributed by atoms with van der Waals surface area (Å²) in [5.41, 5.74) is 1.05. The molecule has 0 radical (unpaired) electrons. The van der Waals surface area contributed by atoms with E-state index < -0.39 is 0 Å². The van der Waals surface area contributed by atoms with Crippen LogP contribution in [0.2, 0.25) is 0 Å². The summed E-state index contributed by atoms with van der Waals surface area (Å²) in [6, 6.07) is 9.72. The fourth-order valence-electron chi connectivity index (χ4n) is 3.40. The van der Waals surface area contributed by atoms with Crippen molar-refractivity contribution in [2.75, 3.05) is 40.4 Å². The van der Waals surface area contributed by atoms with Gasteiger partial charge < -0.3 is 24.6 Å². The van der Waals surface area contributed by atoms with Crippen LogP contribution in [-0.2, 0) is 17.8 Å². The molecule has 0 unspecified atom stereocenters. The predicted octanol–water partition coefficient (Wildman–Crippen LogP) is 4.09. The van der Waals surface area contributed by atoms with Crippen molar-refractivity contribution in [2.24, 2.45) is 0 Å². The molecule has 0 atom stereocenters. The summed E-state index contributed by atoms with van der Waals surface area (Å²) in [6.07, 6.45) is 1.46. The van der Waals surface area contributed by atoms with Gasteiger partial charge >= 0.3 is 6.03 Å². The third-order valence-corrected chi connectivity index (χ3v) is 6.03. The van der Waals surface area contributed by atoms with E-state index in [2.05, 4.69) is 24.4 Å². The predicted molar refractivity (Wildman–Crippen MR) is 129 cm³/mol. The number of carbonyl (C=O) groups is 2. The summed E-state index contributed by atoms with van der Waals surface area (Å²) in [5.74, 6) is 1.29. The first-order valence-corrected chi connectivity index (χ1v) is 11.8. The highest BCUT2D eigenvalue weighted by atomic mass is 32.1. The van der Waals surface area contributed by atoms with Crippen molar-refractivity contribution < 1.29 is 19.1 Å². The summed E-state index contributed by atoms with van der Waals surface area (Å²) >= 11 is 1.69. The fraction of sp³-hybridized carbons (Fsp3) is 0.500. The van der Waals surface area contributed by atoms with Gasteiger partial charge in [0.05, 0.1) is 20.8 Å². The van der Waals surface area contributed by atoms with Crippen molar-refractivity contribution in [1.82, 2.24) is 15.1 Å². The number of aryl methyl sites for hydroxylation is 1. The molecule has 0 bridgehead atoms. The number of ether oxygens (including phenoxy) is 2. The monoisotopic (exact) mass is 461 g/mol. The smallest absolute Gasteiger partial charge is 0.317 e. The Labute approximate surface area is 195 Å². The largest absolute Gasteiger partial charge is 0.493 e. The van der Waals surface area contributed by atoms with Gasteiger partial charge in [0.25, 0.3) is 0 Å². The van der Waals surface area contributed by atoms with Crippen LogP contribution in [0, 0.1) is 6.92 Å². The molecule has 0 saturated carbocycles. The van der Waals surface area contributed by atoms with Gasteiger partial charge in [-0.15, -0.1) is 11.3 Å². The number of benzene rings is 1. The second kappa shape index (κ2) is 13.0. The molecule has 0 aliphatic rings. The molecule has 2 aromatic rings. The molecule has 0 spiro atoms. The van der Waals surface area contributed by atoms with Gasteiger partial charge in [-0.2, -0.15) is 0 Å². The first kappa shape index (κ1) is 25.5. The molecule has 0 fully saturated rings. The number of carbonyl (C=O) groups excluding carboxylic acids is 2. The Kier molecular flexibility index (Phi) is 10.3. The Hall–Kier alpha value is -2.74. The number of nitrogens with one attached hydrogen (secondary N) is 1. The van der Waals surface area contributed by atoms with E-state index in [1.807, 2.05) is 36.9 Å². The zero-order valence-corrected chi connectivity index (χ0v) is 20.6. The van der Waals surface area contributed by atoms with Crippen LogP contribution in [0.15, 0.2) is 30.3 Å². The normalized spacial score (nSPS) is 10.5. The molecule has 2 rings (SSSR count). The molecule has 7 nitrogen and oxygen atoms in total. The molecule has 1 aromatic heterocycles. The van der Waals surface area contributed by atoms with E-state index in [1.54, 1.807) is 30.5 Å². The molecule has 8 heteroatoms. The Balaban J connectivity index is 2.15. The summed E-state index contributed by atoms with van der Waals surface area (Å²) in [7, 11) is 3.22. The number of methoxy groups -OCH3 is 2. The lowest BCUT2D eigenvalue weighted by Crippen LogP contribution is -2.47. The molecule has 0 saturated heterocycles. The third-order valence-electron chi connectivity index (χ3n) is 5.05. The van der Waals surface area contributed by atoms with Crippen LogP contribution in [0.4, 0.5) is 4.79 Å².